The highest BCUT2D eigenvalue weighted by Crippen LogP contribution is 2.21. The zero-order valence-electron chi connectivity index (χ0n) is 7.57. The van der Waals surface area contributed by atoms with E-state index in [4.69, 9.17) is 14.7 Å². The van der Waals surface area contributed by atoms with Crippen LogP contribution >= 0.6 is 0 Å². The molecule has 13 heavy (non-hydrogen) atoms. The van der Waals surface area contributed by atoms with E-state index in [2.05, 4.69) is 4.98 Å². The molecule has 0 atom stereocenters. The molecular weight excluding hydrogens is 168 g/mol. The zero-order valence-corrected chi connectivity index (χ0v) is 7.57. The third-order valence-corrected chi connectivity index (χ3v) is 1.47. The van der Waals surface area contributed by atoms with Crippen LogP contribution in [0.15, 0.2) is 12.3 Å². The molecule has 68 valence electrons. The number of hydrogen-bond donors (Lipinski definition) is 0. The Hall–Kier alpha value is -1.76. The molecule has 0 aliphatic rings. The standard InChI is InChI=1S/C9H10N2O2/c1-3-13-8-4-9(12-2)11-6-7(8)5-10/h4,6H,3H2,1-2H3. The Morgan fingerprint density at radius 1 is 1.62 bits per heavy atom. The summed E-state index contributed by atoms with van der Waals surface area (Å²) in [4.78, 5) is 3.89. The number of pyridine rings is 1. The van der Waals surface area contributed by atoms with Crippen LogP contribution in [0.5, 0.6) is 11.6 Å². The normalized spacial score (nSPS) is 9.00. The van der Waals surface area contributed by atoms with Crippen molar-refractivity contribution in [2.45, 2.75) is 6.92 Å². The summed E-state index contributed by atoms with van der Waals surface area (Å²) in [7, 11) is 1.52. The Balaban J connectivity index is 3.04. The van der Waals surface area contributed by atoms with Gasteiger partial charge in [-0.05, 0) is 6.92 Å². The number of aromatic nitrogens is 1. The molecule has 0 bridgehead atoms. The second kappa shape index (κ2) is 4.31. The van der Waals surface area contributed by atoms with Crippen molar-refractivity contribution in [3.05, 3.63) is 17.8 Å². The first-order chi connectivity index (χ1) is 6.31. The van der Waals surface area contributed by atoms with Gasteiger partial charge in [-0.25, -0.2) is 4.98 Å². The fraction of sp³-hybridized carbons (Fsp3) is 0.333. The van der Waals surface area contributed by atoms with Crippen molar-refractivity contribution in [1.29, 1.82) is 5.26 Å². The first-order valence-electron chi connectivity index (χ1n) is 3.88. The predicted octanol–water partition coefficient (Wildman–Crippen LogP) is 1.36. The van der Waals surface area contributed by atoms with Gasteiger partial charge in [0.25, 0.3) is 0 Å². The third-order valence-electron chi connectivity index (χ3n) is 1.47. The summed E-state index contributed by atoms with van der Waals surface area (Å²) >= 11 is 0. The lowest BCUT2D eigenvalue weighted by Crippen LogP contribution is -1.96. The zero-order chi connectivity index (χ0) is 9.68. The van der Waals surface area contributed by atoms with Gasteiger partial charge in [-0.15, -0.1) is 0 Å². The van der Waals surface area contributed by atoms with Crippen LogP contribution in [-0.4, -0.2) is 18.7 Å². The van der Waals surface area contributed by atoms with E-state index in [1.807, 2.05) is 13.0 Å². The number of ether oxygens (including phenoxy) is 2. The van der Waals surface area contributed by atoms with Crippen molar-refractivity contribution in [3.8, 4) is 17.7 Å². The number of nitrogens with zero attached hydrogens (tertiary/aromatic N) is 2. The Labute approximate surface area is 76.7 Å². The summed E-state index contributed by atoms with van der Waals surface area (Å²) in [5.41, 5.74) is 0.419. The molecule has 0 unspecified atom stereocenters. The van der Waals surface area contributed by atoms with Gasteiger partial charge >= 0.3 is 0 Å². The molecular formula is C9H10N2O2. The van der Waals surface area contributed by atoms with Gasteiger partial charge in [0.15, 0.2) is 0 Å². The molecule has 0 radical (unpaired) electrons. The van der Waals surface area contributed by atoms with Gasteiger partial charge in [-0.3, -0.25) is 0 Å². The molecule has 0 aliphatic heterocycles. The summed E-state index contributed by atoms with van der Waals surface area (Å²) in [5, 5.41) is 8.70. The molecule has 1 heterocycles. The molecule has 4 nitrogen and oxygen atoms in total. The van der Waals surface area contributed by atoms with E-state index in [0.29, 0.717) is 23.8 Å². The Bertz CT molecular complexity index is 331. The van der Waals surface area contributed by atoms with E-state index >= 15 is 0 Å². The van der Waals surface area contributed by atoms with Crippen molar-refractivity contribution in [2.24, 2.45) is 0 Å². The minimum atomic E-state index is 0.419. The lowest BCUT2D eigenvalue weighted by molar-refractivity contribution is 0.332. The van der Waals surface area contributed by atoms with Gasteiger partial charge in [0, 0.05) is 6.07 Å². The van der Waals surface area contributed by atoms with Crippen LogP contribution in [0.25, 0.3) is 0 Å². The molecule has 0 N–H and O–H groups in total. The Morgan fingerprint density at radius 3 is 2.92 bits per heavy atom. The van der Waals surface area contributed by atoms with Crippen LogP contribution < -0.4 is 9.47 Å². The minimum Gasteiger partial charge on any atom is -0.492 e. The molecule has 0 saturated carbocycles. The molecule has 0 amide bonds. The first kappa shape index (κ1) is 9.33. The van der Waals surface area contributed by atoms with Gasteiger partial charge in [0.05, 0.1) is 19.9 Å². The highest BCUT2D eigenvalue weighted by molar-refractivity contribution is 5.43. The van der Waals surface area contributed by atoms with Crippen molar-refractivity contribution < 1.29 is 9.47 Å². The van der Waals surface area contributed by atoms with Crippen molar-refractivity contribution in [2.75, 3.05) is 13.7 Å². The monoisotopic (exact) mass is 178 g/mol. The predicted molar refractivity (Wildman–Crippen MR) is 46.7 cm³/mol. The van der Waals surface area contributed by atoms with Crippen LogP contribution in [0.1, 0.15) is 12.5 Å². The smallest absolute Gasteiger partial charge is 0.216 e. The fourth-order valence-electron chi connectivity index (χ4n) is 0.889. The summed E-state index contributed by atoms with van der Waals surface area (Å²) in [5.74, 6) is 0.958. The lowest BCUT2D eigenvalue weighted by atomic mass is 10.3. The summed E-state index contributed by atoms with van der Waals surface area (Å²) in [6, 6.07) is 3.59. The first-order valence-corrected chi connectivity index (χ1v) is 3.88. The van der Waals surface area contributed by atoms with Gasteiger partial charge in [0.1, 0.15) is 17.4 Å². The van der Waals surface area contributed by atoms with E-state index in [1.54, 1.807) is 6.07 Å². The summed E-state index contributed by atoms with van der Waals surface area (Å²) < 4.78 is 10.1. The van der Waals surface area contributed by atoms with Gasteiger partial charge < -0.3 is 9.47 Å². The number of methoxy groups -OCH3 is 1. The minimum absolute atomic E-state index is 0.419. The van der Waals surface area contributed by atoms with Crippen LogP contribution in [0.3, 0.4) is 0 Å². The number of nitriles is 1. The van der Waals surface area contributed by atoms with E-state index in [1.165, 1.54) is 13.3 Å². The highest BCUT2D eigenvalue weighted by Gasteiger charge is 2.04. The fourth-order valence-corrected chi connectivity index (χ4v) is 0.889. The molecule has 0 spiro atoms. The average molecular weight is 178 g/mol. The van der Waals surface area contributed by atoms with Gasteiger partial charge in [0.2, 0.25) is 5.88 Å². The molecule has 0 saturated heterocycles. The van der Waals surface area contributed by atoms with Crippen LogP contribution in [0, 0.1) is 11.3 Å². The van der Waals surface area contributed by atoms with Gasteiger partial charge in [-0.1, -0.05) is 0 Å². The molecule has 0 aliphatic carbocycles. The summed E-state index contributed by atoms with van der Waals surface area (Å²) in [6.45, 7) is 2.37. The van der Waals surface area contributed by atoms with Gasteiger partial charge in [-0.2, -0.15) is 5.26 Å². The van der Waals surface area contributed by atoms with Crippen molar-refractivity contribution in [3.63, 3.8) is 0 Å². The van der Waals surface area contributed by atoms with E-state index in [0.717, 1.165) is 0 Å². The van der Waals surface area contributed by atoms with Crippen LogP contribution in [0.2, 0.25) is 0 Å². The number of rotatable bonds is 3. The SMILES string of the molecule is CCOc1cc(OC)ncc1C#N. The van der Waals surface area contributed by atoms with Crippen molar-refractivity contribution >= 4 is 0 Å². The number of hydrogen-bond acceptors (Lipinski definition) is 4. The molecule has 1 aromatic heterocycles. The van der Waals surface area contributed by atoms with E-state index < -0.39 is 0 Å². The average Bonchev–Trinajstić information content (AvgIpc) is 2.18. The maximum Gasteiger partial charge on any atom is 0.216 e. The molecule has 1 aromatic rings. The van der Waals surface area contributed by atoms with Crippen LogP contribution in [0.4, 0.5) is 0 Å². The lowest BCUT2D eigenvalue weighted by Gasteiger charge is -2.05. The van der Waals surface area contributed by atoms with E-state index in [9.17, 15) is 0 Å². The molecule has 0 fully saturated rings. The van der Waals surface area contributed by atoms with E-state index in [-0.39, 0.29) is 0 Å². The van der Waals surface area contributed by atoms with Crippen LogP contribution in [-0.2, 0) is 0 Å². The second-order valence-corrected chi connectivity index (χ2v) is 2.27. The quantitative estimate of drug-likeness (QED) is 0.701. The molecule has 0 aromatic carbocycles. The highest BCUT2D eigenvalue weighted by atomic mass is 16.5. The summed E-state index contributed by atoms with van der Waals surface area (Å²) in [6.07, 6.45) is 1.43. The molecule has 4 heteroatoms. The van der Waals surface area contributed by atoms with Crippen molar-refractivity contribution in [1.82, 2.24) is 4.98 Å². The maximum absolute atomic E-state index is 8.70. The maximum atomic E-state index is 8.70. The topological polar surface area (TPSA) is 55.1 Å². The third kappa shape index (κ3) is 2.09. The second-order valence-electron chi connectivity index (χ2n) is 2.27. The Morgan fingerprint density at radius 2 is 2.38 bits per heavy atom. The molecule has 1 rings (SSSR count). The largest absolute Gasteiger partial charge is 0.492 e. The Kier molecular flexibility index (Phi) is 3.09.